The Labute approximate surface area is 118 Å². The van der Waals surface area contributed by atoms with Crippen molar-refractivity contribution in [3.8, 4) is 0 Å². The van der Waals surface area contributed by atoms with Crippen molar-refractivity contribution in [2.24, 2.45) is 5.73 Å². The third-order valence-corrected chi connectivity index (χ3v) is 5.38. The molecular formula is C13H29NO4Si. The molecule has 0 aliphatic heterocycles. The lowest BCUT2D eigenvalue weighted by Crippen LogP contribution is -2.46. The van der Waals surface area contributed by atoms with Crippen molar-refractivity contribution in [3.05, 3.63) is 0 Å². The first-order valence-corrected chi connectivity index (χ1v) is 9.23. The van der Waals surface area contributed by atoms with Crippen molar-refractivity contribution in [2.75, 3.05) is 19.8 Å². The van der Waals surface area contributed by atoms with Crippen molar-refractivity contribution < 1.29 is 18.1 Å². The van der Waals surface area contributed by atoms with Gasteiger partial charge in [-0.2, -0.15) is 0 Å². The molecular weight excluding hydrogens is 262 g/mol. The molecule has 1 amide bonds. The molecule has 114 valence electrons. The number of nitrogens with two attached hydrogens (primary N) is 1. The van der Waals surface area contributed by atoms with Crippen LogP contribution in [0.2, 0.25) is 6.04 Å². The molecule has 0 aliphatic carbocycles. The van der Waals surface area contributed by atoms with Crippen molar-refractivity contribution >= 4 is 14.7 Å². The monoisotopic (exact) mass is 291 g/mol. The third kappa shape index (κ3) is 9.15. The SMILES string of the molecule is CCCO[Si](CCCC(N)=O)(OCCC)OCCC. The number of carbonyl (C=O) groups excluding carboxylic acids is 1. The fourth-order valence-corrected chi connectivity index (χ4v) is 4.43. The largest absolute Gasteiger partial charge is 0.500 e. The quantitative estimate of drug-likeness (QED) is 0.529. The minimum atomic E-state index is -2.63. The van der Waals surface area contributed by atoms with Crippen LogP contribution >= 0.6 is 0 Å². The van der Waals surface area contributed by atoms with Crippen molar-refractivity contribution in [1.29, 1.82) is 0 Å². The van der Waals surface area contributed by atoms with Crippen LogP contribution in [0.4, 0.5) is 0 Å². The molecule has 0 bridgehead atoms. The van der Waals surface area contributed by atoms with Crippen LogP contribution < -0.4 is 5.73 Å². The van der Waals surface area contributed by atoms with Crippen LogP contribution in [0.1, 0.15) is 52.9 Å². The summed E-state index contributed by atoms with van der Waals surface area (Å²) in [6, 6.07) is 0.663. The smallest absolute Gasteiger partial charge is 0.373 e. The summed E-state index contributed by atoms with van der Waals surface area (Å²) in [5, 5.41) is 0. The van der Waals surface area contributed by atoms with E-state index in [4.69, 9.17) is 19.0 Å². The lowest BCUT2D eigenvalue weighted by Gasteiger charge is -2.29. The first-order chi connectivity index (χ1) is 9.10. The summed E-state index contributed by atoms with van der Waals surface area (Å²) in [5.41, 5.74) is 5.18. The van der Waals surface area contributed by atoms with E-state index in [-0.39, 0.29) is 5.91 Å². The van der Waals surface area contributed by atoms with Crippen LogP contribution in [0.25, 0.3) is 0 Å². The molecule has 0 saturated heterocycles. The Bertz CT molecular complexity index is 217. The van der Waals surface area contributed by atoms with Gasteiger partial charge in [-0.25, -0.2) is 0 Å². The highest BCUT2D eigenvalue weighted by atomic mass is 28.4. The van der Waals surface area contributed by atoms with E-state index in [0.29, 0.717) is 38.7 Å². The zero-order valence-electron chi connectivity index (χ0n) is 12.6. The highest BCUT2D eigenvalue weighted by Crippen LogP contribution is 2.20. The summed E-state index contributed by atoms with van der Waals surface area (Å²) in [6.07, 6.45) is 3.80. The molecule has 6 heteroatoms. The second-order valence-corrected chi connectivity index (χ2v) is 7.28. The Hall–Kier alpha value is -0.433. The summed E-state index contributed by atoms with van der Waals surface area (Å²) in [7, 11) is -2.63. The molecule has 0 aromatic rings. The maximum absolute atomic E-state index is 10.8. The van der Waals surface area contributed by atoms with Gasteiger partial charge in [0.25, 0.3) is 0 Å². The Kier molecular flexibility index (Phi) is 11.1. The van der Waals surface area contributed by atoms with Crippen LogP contribution in [0.5, 0.6) is 0 Å². The van der Waals surface area contributed by atoms with E-state index in [1.807, 2.05) is 0 Å². The molecule has 0 fully saturated rings. The van der Waals surface area contributed by atoms with E-state index in [0.717, 1.165) is 19.3 Å². The molecule has 0 aromatic carbocycles. The van der Waals surface area contributed by atoms with Crippen molar-refractivity contribution in [1.82, 2.24) is 0 Å². The number of primary amides is 1. The van der Waals surface area contributed by atoms with Gasteiger partial charge in [0.1, 0.15) is 0 Å². The third-order valence-electron chi connectivity index (χ3n) is 2.48. The highest BCUT2D eigenvalue weighted by Gasteiger charge is 2.40. The number of amides is 1. The zero-order valence-corrected chi connectivity index (χ0v) is 13.6. The Morgan fingerprint density at radius 3 is 1.68 bits per heavy atom. The van der Waals surface area contributed by atoms with E-state index >= 15 is 0 Å². The second-order valence-electron chi connectivity index (χ2n) is 4.55. The standard InChI is InChI=1S/C13H29NO4Si/c1-4-9-16-19(17-10-5-2,18-11-6-3)12-7-8-13(14)15/h4-12H2,1-3H3,(H2,14,15). The number of hydrogen-bond acceptors (Lipinski definition) is 4. The number of hydrogen-bond donors (Lipinski definition) is 1. The van der Waals surface area contributed by atoms with Crippen molar-refractivity contribution in [2.45, 2.75) is 58.9 Å². The predicted octanol–water partition coefficient (Wildman–Crippen LogP) is 2.47. The lowest BCUT2D eigenvalue weighted by atomic mass is 10.3. The predicted molar refractivity (Wildman–Crippen MR) is 77.7 cm³/mol. The van der Waals surface area contributed by atoms with E-state index in [9.17, 15) is 4.79 Å². The van der Waals surface area contributed by atoms with Gasteiger partial charge in [0, 0.05) is 32.3 Å². The molecule has 0 spiro atoms. The van der Waals surface area contributed by atoms with E-state index < -0.39 is 8.80 Å². The van der Waals surface area contributed by atoms with Crippen LogP contribution in [0.3, 0.4) is 0 Å². The molecule has 0 aliphatic rings. The molecule has 0 aromatic heterocycles. The second kappa shape index (κ2) is 11.4. The first kappa shape index (κ1) is 18.6. The molecule has 2 N–H and O–H groups in total. The zero-order chi connectivity index (χ0) is 14.6. The van der Waals surface area contributed by atoms with Gasteiger partial charge in [-0.1, -0.05) is 20.8 Å². The van der Waals surface area contributed by atoms with Crippen LogP contribution in [0, 0.1) is 0 Å². The van der Waals surface area contributed by atoms with E-state index in [2.05, 4.69) is 20.8 Å². The van der Waals surface area contributed by atoms with Gasteiger partial charge in [-0.15, -0.1) is 0 Å². The van der Waals surface area contributed by atoms with E-state index in [1.54, 1.807) is 0 Å². The van der Waals surface area contributed by atoms with Crippen molar-refractivity contribution in [3.63, 3.8) is 0 Å². The van der Waals surface area contributed by atoms with Gasteiger partial charge in [0.05, 0.1) is 0 Å². The van der Waals surface area contributed by atoms with Gasteiger partial charge >= 0.3 is 8.80 Å². The topological polar surface area (TPSA) is 70.8 Å². The van der Waals surface area contributed by atoms with Gasteiger partial charge in [-0.05, 0) is 25.7 Å². The molecule has 19 heavy (non-hydrogen) atoms. The molecule has 0 rings (SSSR count). The van der Waals surface area contributed by atoms with Crippen LogP contribution in [-0.2, 0) is 18.1 Å². The maximum atomic E-state index is 10.8. The summed E-state index contributed by atoms with van der Waals surface area (Å²) >= 11 is 0. The van der Waals surface area contributed by atoms with E-state index in [1.165, 1.54) is 0 Å². The van der Waals surface area contributed by atoms with Gasteiger partial charge in [0.2, 0.25) is 5.91 Å². The lowest BCUT2D eigenvalue weighted by molar-refractivity contribution is -0.118. The van der Waals surface area contributed by atoms with Crippen LogP contribution in [-0.4, -0.2) is 34.5 Å². The summed E-state index contributed by atoms with van der Waals surface area (Å²) in [5.74, 6) is -0.288. The highest BCUT2D eigenvalue weighted by molar-refractivity contribution is 6.60. The van der Waals surface area contributed by atoms with Crippen LogP contribution in [0.15, 0.2) is 0 Å². The Morgan fingerprint density at radius 2 is 1.37 bits per heavy atom. The Balaban J connectivity index is 4.51. The minimum Gasteiger partial charge on any atom is -0.373 e. The molecule has 0 heterocycles. The minimum absolute atomic E-state index is 0.288. The fourth-order valence-electron chi connectivity index (χ4n) is 1.59. The van der Waals surface area contributed by atoms with Gasteiger partial charge < -0.3 is 19.0 Å². The summed E-state index contributed by atoms with van der Waals surface area (Å²) < 4.78 is 17.7. The van der Waals surface area contributed by atoms with Gasteiger partial charge in [0.15, 0.2) is 0 Å². The molecule has 5 nitrogen and oxygen atoms in total. The maximum Gasteiger partial charge on any atom is 0.500 e. The normalized spacial score (nSPS) is 11.7. The Morgan fingerprint density at radius 1 is 0.947 bits per heavy atom. The summed E-state index contributed by atoms with van der Waals surface area (Å²) in [4.78, 5) is 10.8. The van der Waals surface area contributed by atoms with Gasteiger partial charge in [-0.3, -0.25) is 4.79 Å². The number of rotatable bonds is 13. The average molecular weight is 291 g/mol. The average Bonchev–Trinajstić information content (AvgIpc) is 2.39. The molecule has 0 radical (unpaired) electrons. The fraction of sp³-hybridized carbons (Fsp3) is 0.923. The molecule has 0 atom stereocenters. The molecule has 0 saturated carbocycles. The summed E-state index contributed by atoms with van der Waals surface area (Å²) in [6.45, 7) is 8.08. The molecule has 0 unspecified atom stereocenters. The first-order valence-electron chi connectivity index (χ1n) is 7.30. The number of carbonyl (C=O) groups is 1.